The van der Waals surface area contributed by atoms with E-state index in [2.05, 4.69) is 15.6 Å². The molecule has 4 aromatic rings. The van der Waals surface area contributed by atoms with Crippen LogP contribution in [0.4, 0.5) is 22.2 Å². The molecule has 0 aliphatic carbocycles. The number of anilines is 3. The number of amides is 1. The molecule has 0 unspecified atom stereocenters. The SMILES string of the molecule is Cc1cccc(Nc2nc(-c3ccc([N+](=O)[O-])cc3)c(C(=O)Nc3ccc(S(N)(=O)=O)cc3)s2)c1. The van der Waals surface area contributed by atoms with Crippen molar-refractivity contribution in [3.05, 3.63) is 93.4 Å². The minimum atomic E-state index is -3.86. The van der Waals surface area contributed by atoms with Crippen molar-refractivity contribution in [2.75, 3.05) is 10.6 Å². The van der Waals surface area contributed by atoms with E-state index in [9.17, 15) is 23.3 Å². The number of thiazole rings is 1. The number of nitro groups is 1. The minimum Gasteiger partial charge on any atom is -0.332 e. The van der Waals surface area contributed by atoms with Crippen LogP contribution < -0.4 is 15.8 Å². The zero-order valence-electron chi connectivity index (χ0n) is 18.3. The van der Waals surface area contributed by atoms with Crippen molar-refractivity contribution in [3.63, 3.8) is 0 Å². The Hall–Kier alpha value is -4.13. The molecule has 0 radical (unpaired) electrons. The van der Waals surface area contributed by atoms with E-state index in [0.29, 0.717) is 22.1 Å². The third kappa shape index (κ3) is 5.69. The fourth-order valence-electron chi connectivity index (χ4n) is 3.23. The van der Waals surface area contributed by atoms with Crippen LogP contribution in [0.3, 0.4) is 0 Å². The lowest BCUT2D eigenvalue weighted by molar-refractivity contribution is -0.384. The molecule has 0 atom stereocenters. The molecule has 1 heterocycles. The molecule has 0 aliphatic rings. The maximum Gasteiger partial charge on any atom is 0.269 e. The molecule has 35 heavy (non-hydrogen) atoms. The van der Waals surface area contributed by atoms with Gasteiger partial charge in [0, 0.05) is 29.1 Å². The molecule has 1 amide bonds. The number of hydrogen-bond acceptors (Lipinski definition) is 8. The van der Waals surface area contributed by atoms with E-state index in [4.69, 9.17) is 5.14 Å². The van der Waals surface area contributed by atoms with Gasteiger partial charge in [-0.1, -0.05) is 23.5 Å². The molecule has 4 rings (SSSR count). The number of non-ortho nitro benzene ring substituents is 1. The zero-order valence-corrected chi connectivity index (χ0v) is 19.9. The van der Waals surface area contributed by atoms with E-state index in [-0.39, 0.29) is 15.5 Å². The number of hydrogen-bond donors (Lipinski definition) is 3. The summed E-state index contributed by atoms with van der Waals surface area (Å²) < 4.78 is 22.9. The van der Waals surface area contributed by atoms with Gasteiger partial charge in [0.15, 0.2) is 5.13 Å². The Balaban J connectivity index is 1.68. The van der Waals surface area contributed by atoms with Crippen LogP contribution in [0.5, 0.6) is 0 Å². The Morgan fingerprint density at radius 2 is 1.71 bits per heavy atom. The molecule has 0 aliphatic heterocycles. The van der Waals surface area contributed by atoms with Crippen LogP contribution >= 0.6 is 11.3 Å². The van der Waals surface area contributed by atoms with Crippen molar-refractivity contribution in [1.29, 1.82) is 0 Å². The molecule has 3 aromatic carbocycles. The van der Waals surface area contributed by atoms with Crippen molar-refractivity contribution < 1.29 is 18.1 Å². The maximum atomic E-state index is 13.2. The van der Waals surface area contributed by atoms with Gasteiger partial charge in [0.2, 0.25) is 10.0 Å². The van der Waals surface area contributed by atoms with Gasteiger partial charge in [0.25, 0.3) is 11.6 Å². The summed E-state index contributed by atoms with van der Waals surface area (Å²) in [5.41, 5.74) is 2.99. The van der Waals surface area contributed by atoms with Gasteiger partial charge in [-0.05, 0) is 61.0 Å². The van der Waals surface area contributed by atoms with Crippen molar-refractivity contribution >= 4 is 49.5 Å². The average Bonchev–Trinajstić information content (AvgIpc) is 3.23. The molecule has 0 fully saturated rings. The number of carbonyl (C=O) groups is 1. The second-order valence-corrected chi connectivity index (χ2v) is 10.1. The fourth-order valence-corrected chi connectivity index (χ4v) is 4.64. The van der Waals surface area contributed by atoms with Gasteiger partial charge < -0.3 is 10.6 Å². The van der Waals surface area contributed by atoms with Crippen LogP contribution in [0.25, 0.3) is 11.3 Å². The summed E-state index contributed by atoms with van der Waals surface area (Å²) in [4.78, 5) is 28.4. The average molecular weight is 510 g/mol. The smallest absolute Gasteiger partial charge is 0.269 e. The summed E-state index contributed by atoms with van der Waals surface area (Å²) in [7, 11) is -3.86. The van der Waals surface area contributed by atoms with E-state index >= 15 is 0 Å². The second kappa shape index (κ2) is 9.62. The zero-order chi connectivity index (χ0) is 25.2. The molecule has 178 valence electrons. The lowest BCUT2D eigenvalue weighted by Crippen LogP contribution is -2.13. The highest BCUT2D eigenvalue weighted by Crippen LogP contribution is 2.34. The number of aromatic nitrogens is 1. The number of nitro benzene ring substituents is 1. The molecule has 1 aromatic heterocycles. The largest absolute Gasteiger partial charge is 0.332 e. The number of sulfonamides is 1. The van der Waals surface area contributed by atoms with Gasteiger partial charge in [-0.25, -0.2) is 18.5 Å². The van der Waals surface area contributed by atoms with Gasteiger partial charge in [-0.15, -0.1) is 0 Å². The molecular formula is C23H19N5O5S2. The first-order valence-electron chi connectivity index (χ1n) is 10.1. The summed E-state index contributed by atoms with van der Waals surface area (Å²) in [5, 5.41) is 22.5. The number of nitrogens with one attached hydrogen (secondary N) is 2. The Labute approximate surface area is 204 Å². The first kappa shape index (κ1) is 24.0. The van der Waals surface area contributed by atoms with E-state index in [1.807, 2.05) is 31.2 Å². The molecule has 0 saturated carbocycles. The third-order valence-corrected chi connectivity index (χ3v) is 6.79. The van der Waals surface area contributed by atoms with Gasteiger partial charge in [-0.2, -0.15) is 0 Å². The minimum absolute atomic E-state index is 0.0792. The molecule has 10 nitrogen and oxygen atoms in total. The molecule has 0 spiro atoms. The fraction of sp³-hybridized carbons (Fsp3) is 0.0435. The second-order valence-electron chi connectivity index (χ2n) is 7.52. The number of rotatable bonds is 7. The summed E-state index contributed by atoms with van der Waals surface area (Å²) in [6, 6.07) is 18.8. The van der Waals surface area contributed by atoms with Crippen LogP contribution in [-0.4, -0.2) is 24.2 Å². The molecule has 0 bridgehead atoms. The van der Waals surface area contributed by atoms with E-state index < -0.39 is 20.9 Å². The Morgan fingerprint density at radius 3 is 2.31 bits per heavy atom. The van der Waals surface area contributed by atoms with Crippen LogP contribution in [-0.2, 0) is 10.0 Å². The van der Waals surface area contributed by atoms with Crippen molar-refractivity contribution in [2.45, 2.75) is 11.8 Å². The standard InChI is InChI=1S/C23H19N5O5S2/c1-14-3-2-4-17(13-14)26-23-27-20(15-5-9-18(10-6-15)28(30)31)21(34-23)22(29)25-16-7-11-19(12-8-16)35(24,32)33/h2-13H,1H3,(H,25,29)(H,26,27)(H2,24,32,33). The Morgan fingerprint density at radius 1 is 1.03 bits per heavy atom. The Kier molecular flexibility index (Phi) is 6.60. The number of primary sulfonamides is 1. The predicted octanol–water partition coefficient (Wildman–Crippen LogP) is 4.67. The summed E-state index contributed by atoms with van der Waals surface area (Å²) in [6.45, 7) is 1.95. The molecule has 12 heteroatoms. The third-order valence-electron chi connectivity index (χ3n) is 4.90. The summed E-state index contributed by atoms with van der Waals surface area (Å²) >= 11 is 1.12. The van der Waals surface area contributed by atoms with Crippen molar-refractivity contribution in [3.8, 4) is 11.3 Å². The highest BCUT2D eigenvalue weighted by Gasteiger charge is 2.21. The summed E-state index contributed by atoms with van der Waals surface area (Å²) in [5.74, 6) is -0.475. The van der Waals surface area contributed by atoms with E-state index in [1.54, 1.807) is 0 Å². The number of aryl methyl sites for hydroxylation is 1. The topological polar surface area (TPSA) is 157 Å². The van der Waals surface area contributed by atoms with Crippen LogP contribution in [0.1, 0.15) is 15.2 Å². The number of carbonyl (C=O) groups excluding carboxylic acids is 1. The first-order valence-corrected chi connectivity index (χ1v) is 12.5. The highest BCUT2D eigenvalue weighted by molar-refractivity contribution is 7.89. The predicted molar refractivity (Wildman–Crippen MR) is 134 cm³/mol. The van der Waals surface area contributed by atoms with E-state index in [0.717, 1.165) is 22.6 Å². The quantitative estimate of drug-likeness (QED) is 0.241. The monoisotopic (exact) mass is 509 g/mol. The lowest BCUT2D eigenvalue weighted by Gasteiger charge is -2.06. The molecular weight excluding hydrogens is 490 g/mol. The van der Waals surface area contributed by atoms with E-state index in [1.165, 1.54) is 48.5 Å². The van der Waals surface area contributed by atoms with Crippen molar-refractivity contribution in [2.24, 2.45) is 5.14 Å². The van der Waals surface area contributed by atoms with Crippen molar-refractivity contribution in [1.82, 2.24) is 4.98 Å². The number of nitrogens with two attached hydrogens (primary N) is 1. The van der Waals surface area contributed by atoms with Gasteiger partial charge in [0.1, 0.15) is 4.88 Å². The highest BCUT2D eigenvalue weighted by atomic mass is 32.2. The summed E-state index contributed by atoms with van der Waals surface area (Å²) in [6.07, 6.45) is 0. The first-order chi connectivity index (χ1) is 16.6. The van der Waals surface area contributed by atoms with Crippen LogP contribution in [0, 0.1) is 17.0 Å². The van der Waals surface area contributed by atoms with Gasteiger partial charge >= 0.3 is 0 Å². The molecule has 4 N–H and O–H groups in total. The van der Waals surface area contributed by atoms with Gasteiger partial charge in [-0.3, -0.25) is 14.9 Å². The van der Waals surface area contributed by atoms with Crippen LogP contribution in [0.15, 0.2) is 77.7 Å². The number of nitrogens with zero attached hydrogens (tertiary/aromatic N) is 2. The Bertz CT molecular complexity index is 1510. The normalized spacial score (nSPS) is 11.1. The lowest BCUT2D eigenvalue weighted by atomic mass is 10.1. The maximum absolute atomic E-state index is 13.2. The van der Waals surface area contributed by atoms with Crippen LogP contribution in [0.2, 0.25) is 0 Å². The van der Waals surface area contributed by atoms with Gasteiger partial charge in [0.05, 0.1) is 15.5 Å². The number of benzene rings is 3. The molecule has 0 saturated heterocycles.